The van der Waals surface area contributed by atoms with Crippen LogP contribution in [0.2, 0.25) is 0 Å². The van der Waals surface area contributed by atoms with Gasteiger partial charge in [-0.3, -0.25) is 9.59 Å². The summed E-state index contributed by atoms with van der Waals surface area (Å²) < 4.78 is 0. The fraction of sp³-hybridized carbons (Fsp3) is 0.417. The topological polar surface area (TPSA) is 74.8 Å². The molecule has 0 saturated heterocycles. The fourth-order valence-electron chi connectivity index (χ4n) is 1.69. The molecule has 2 aromatic rings. The minimum atomic E-state index is -0.306. The third-order valence-corrected chi connectivity index (χ3v) is 3.63. The number of aryl methyl sites for hydroxylation is 1. The fourth-order valence-corrected chi connectivity index (χ4v) is 2.74. The molecule has 5 nitrogen and oxygen atoms in total. The van der Waals surface area contributed by atoms with Crippen molar-refractivity contribution in [1.29, 1.82) is 0 Å². The van der Waals surface area contributed by atoms with Crippen LogP contribution in [0.5, 0.6) is 0 Å². The molecule has 0 spiro atoms. The molecule has 2 aromatic heterocycles. The van der Waals surface area contributed by atoms with Crippen molar-refractivity contribution >= 4 is 27.5 Å². The van der Waals surface area contributed by atoms with Crippen molar-refractivity contribution in [3.05, 3.63) is 27.1 Å². The maximum Gasteiger partial charge on any atom is 0.262 e. The van der Waals surface area contributed by atoms with Gasteiger partial charge in [0.15, 0.2) is 0 Å². The number of carbonyl (C=O) groups is 1. The van der Waals surface area contributed by atoms with Gasteiger partial charge in [0.05, 0.1) is 16.6 Å². The van der Waals surface area contributed by atoms with E-state index in [-0.39, 0.29) is 17.0 Å². The van der Waals surface area contributed by atoms with E-state index >= 15 is 0 Å². The molecule has 1 amide bonds. The number of carbonyl (C=O) groups excluding carboxylic acids is 1. The largest absolute Gasteiger partial charge is 0.347 e. The number of rotatable bonds is 1. The minimum absolute atomic E-state index is 0.164. The van der Waals surface area contributed by atoms with E-state index in [2.05, 4.69) is 15.3 Å². The van der Waals surface area contributed by atoms with Gasteiger partial charge in [0.1, 0.15) is 4.83 Å². The Hall–Kier alpha value is -1.69. The van der Waals surface area contributed by atoms with Gasteiger partial charge in [0.25, 0.3) is 11.5 Å². The molecule has 6 heteroatoms. The molecular weight excluding hydrogens is 250 g/mol. The number of hydrogen-bond acceptors (Lipinski definition) is 4. The summed E-state index contributed by atoms with van der Waals surface area (Å²) in [7, 11) is 0. The molecule has 0 saturated carbocycles. The molecular formula is C12H15N3O2S. The van der Waals surface area contributed by atoms with Crippen molar-refractivity contribution in [3.8, 4) is 0 Å². The lowest BCUT2D eigenvalue weighted by Gasteiger charge is -2.20. The van der Waals surface area contributed by atoms with Gasteiger partial charge in [-0.25, -0.2) is 4.98 Å². The van der Waals surface area contributed by atoms with Gasteiger partial charge in [-0.2, -0.15) is 0 Å². The maximum atomic E-state index is 12.1. The Morgan fingerprint density at radius 2 is 2.11 bits per heavy atom. The molecule has 96 valence electrons. The number of H-pyrrole nitrogens is 1. The highest BCUT2D eigenvalue weighted by atomic mass is 32.1. The summed E-state index contributed by atoms with van der Waals surface area (Å²) >= 11 is 1.24. The van der Waals surface area contributed by atoms with E-state index in [1.54, 1.807) is 6.92 Å². The predicted octanol–water partition coefficient (Wildman–Crippen LogP) is 1.82. The second-order valence-electron chi connectivity index (χ2n) is 5.17. The second-order valence-corrected chi connectivity index (χ2v) is 6.17. The maximum absolute atomic E-state index is 12.1. The second kappa shape index (κ2) is 4.20. The highest BCUT2D eigenvalue weighted by molar-refractivity contribution is 7.20. The first-order chi connectivity index (χ1) is 8.29. The van der Waals surface area contributed by atoms with Crippen LogP contribution in [0.15, 0.2) is 11.1 Å². The predicted molar refractivity (Wildman–Crippen MR) is 72.2 cm³/mol. The third kappa shape index (κ3) is 2.28. The Kier molecular flexibility index (Phi) is 2.98. The molecule has 18 heavy (non-hydrogen) atoms. The number of nitrogens with zero attached hydrogens (tertiary/aromatic N) is 1. The van der Waals surface area contributed by atoms with E-state index in [4.69, 9.17) is 0 Å². The average Bonchev–Trinajstić information content (AvgIpc) is 2.55. The van der Waals surface area contributed by atoms with Gasteiger partial charge >= 0.3 is 0 Å². The van der Waals surface area contributed by atoms with Crippen molar-refractivity contribution < 1.29 is 4.79 Å². The van der Waals surface area contributed by atoms with Crippen LogP contribution in [-0.2, 0) is 0 Å². The van der Waals surface area contributed by atoms with Gasteiger partial charge in [-0.05, 0) is 33.3 Å². The van der Waals surface area contributed by atoms with Crippen molar-refractivity contribution in [2.24, 2.45) is 0 Å². The Bertz CT molecular complexity index is 664. The number of nitrogens with one attached hydrogen (secondary N) is 2. The standard InChI is InChI=1S/C12H15N3O2S/c1-6-7-9(16)13-5-14-11(7)18-8(6)10(17)15-12(2,3)4/h5H,1-4H3,(H,15,17)(H,13,14,16). The van der Waals surface area contributed by atoms with E-state index in [9.17, 15) is 9.59 Å². The summed E-state index contributed by atoms with van der Waals surface area (Å²) in [5.41, 5.74) is 0.175. The van der Waals surface area contributed by atoms with E-state index in [0.717, 1.165) is 0 Å². The molecule has 0 aliphatic heterocycles. The summed E-state index contributed by atoms with van der Waals surface area (Å²) in [6.07, 6.45) is 1.35. The van der Waals surface area contributed by atoms with Crippen molar-refractivity contribution in [1.82, 2.24) is 15.3 Å². The zero-order chi connectivity index (χ0) is 13.5. The Morgan fingerprint density at radius 1 is 1.44 bits per heavy atom. The van der Waals surface area contributed by atoms with Crippen LogP contribution in [0.3, 0.4) is 0 Å². The van der Waals surface area contributed by atoms with Crippen molar-refractivity contribution in [2.45, 2.75) is 33.2 Å². The molecule has 0 bridgehead atoms. The Morgan fingerprint density at radius 3 is 2.67 bits per heavy atom. The van der Waals surface area contributed by atoms with Crippen LogP contribution in [0.4, 0.5) is 0 Å². The van der Waals surface area contributed by atoms with Gasteiger partial charge in [0, 0.05) is 5.54 Å². The van der Waals surface area contributed by atoms with E-state index in [1.165, 1.54) is 17.7 Å². The van der Waals surface area contributed by atoms with Crippen LogP contribution in [0, 0.1) is 6.92 Å². The first kappa shape index (κ1) is 12.8. The minimum Gasteiger partial charge on any atom is -0.347 e. The van der Waals surface area contributed by atoms with Gasteiger partial charge in [-0.1, -0.05) is 0 Å². The monoisotopic (exact) mass is 265 g/mol. The number of hydrogen-bond donors (Lipinski definition) is 2. The lowest BCUT2D eigenvalue weighted by Crippen LogP contribution is -2.40. The van der Waals surface area contributed by atoms with E-state index in [1.807, 2.05) is 20.8 Å². The van der Waals surface area contributed by atoms with Gasteiger partial charge in [-0.15, -0.1) is 11.3 Å². The quantitative estimate of drug-likeness (QED) is 0.826. The summed E-state index contributed by atoms with van der Waals surface area (Å²) in [5, 5.41) is 3.39. The Labute approximate surface area is 108 Å². The normalized spacial score (nSPS) is 11.8. The average molecular weight is 265 g/mol. The molecule has 2 N–H and O–H groups in total. The van der Waals surface area contributed by atoms with Crippen LogP contribution < -0.4 is 10.9 Å². The van der Waals surface area contributed by atoms with Crippen molar-refractivity contribution in [3.63, 3.8) is 0 Å². The molecule has 0 atom stereocenters. The van der Waals surface area contributed by atoms with Gasteiger partial charge in [0.2, 0.25) is 0 Å². The number of aromatic nitrogens is 2. The van der Waals surface area contributed by atoms with Gasteiger partial charge < -0.3 is 10.3 Å². The van der Waals surface area contributed by atoms with Crippen molar-refractivity contribution in [2.75, 3.05) is 0 Å². The molecule has 2 rings (SSSR count). The molecule has 2 heterocycles. The smallest absolute Gasteiger partial charge is 0.262 e. The number of fused-ring (bicyclic) bond motifs is 1. The number of thiophene rings is 1. The Balaban J connectivity index is 2.53. The lowest BCUT2D eigenvalue weighted by atomic mass is 10.1. The summed E-state index contributed by atoms with van der Waals surface area (Å²) in [6.45, 7) is 7.52. The highest BCUT2D eigenvalue weighted by Gasteiger charge is 2.21. The summed E-state index contributed by atoms with van der Waals surface area (Å²) in [5.74, 6) is -0.164. The SMILES string of the molecule is Cc1c(C(=O)NC(C)(C)C)sc2nc[nH]c(=O)c12. The molecule has 0 unspecified atom stereocenters. The molecule has 0 aliphatic rings. The molecule has 0 aromatic carbocycles. The van der Waals surface area contributed by atoms with Crippen LogP contribution in [0.1, 0.15) is 36.0 Å². The van der Waals surface area contributed by atoms with Crippen LogP contribution in [-0.4, -0.2) is 21.4 Å². The van der Waals surface area contributed by atoms with E-state index < -0.39 is 0 Å². The van der Waals surface area contributed by atoms with Crippen LogP contribution >= 0.6 is 11.3 Å². The first-order valence-corrected chi connectivity index (χ1v) is 6.40. The number of aromatic amines is 1. The summed E-state index contributed by atoms with van der Waals surface area (Å²) in [4.78, 5) is 31.6. The third-order valence-electron chi connectivity index (χ3n) is 2.43. The first-order valence-electron chi connectivity index (χ1n) is 5.59. The number of amides is 1. The summed E-state index contributed by atoms with van der Waals surface area (Å²) in [6, 6.07) is 0. The molecule has 0 radical (unpaired) electrons. The zero-order valence-electron chi connectivity index (χ0n) is 10.7. The van der Waals surface area contributed by atoms with Crippen LogP contribution in [0.25, 0.3) is 10.2 Å². The van der Waals surface area contributed by atoms with E-state index in [0.29, 0.717) is 20.7 Å². The highest BCUT2D eigenvalue weighted by Crippen LogP contribution is 2.26. The molecule has 0 fully saturated rings. The zero-order valence-corrected chi connectivity index (χ0v) is 11.6. The molecule has 0 aliphatic carbocycles. The lowest BCUT2D eigenvalue weighted by molar-refractivity contribution is 0.0923.